The van der Waals surface area contributed by atoms with E-state index >= 15 is 0 Å². The summed E-state index contributed by atoms with van der Waals surface area (Å²) in [7, 11) is -1.54. The van der Waals surface area contributed by atoms with Crippen LogP contribution >= 0.6 is 23.4 Å². The van der Waals surface area contributed by atoms with Gasteiger partial charge < -0.3 is 9.64 Å². The first kappa shape index (κ1) is 21.2. The van der Waals surface area contributed by atoms with Gasteiger partial charge in [-0.1, -0.05) is 59.8 Å². The van der Waals surface area contributed by atoms with Gasteiger partial charge in [-0.05, 0) is 17.7 Å². The summed E-state index contributed by atoms with van der Waals surface area (Å²) in [6.07, 6.45) is 0.113. The topological polar surface area (TPSA) is 76.0 Å². The third-order valence-electron chi connectivity index (χ3n) is 5.23. The Labute approximate surface area is 185 Å². The first-order chi connectivity index (χ1) is 14.4. The third kappa shape index (κ3) is 4.50. The van der Waals surface area contributed by atoms with Gasteiger partial charge in [-0.25, -0.2) is 8.42 Å². The zero-order valence-corrected chi connectivity index (χ0v) is 18.7. The summed E-state index contributed by atoms with van der Waals surface area (Å²) < 4.78 is 29.6. The fourth-order valence-electron chi connectivity index (χ4n) is 3.79. The van der Waals surface area contributed by atoms with Crippen LogP contribution in [-0.2, 0) is 27.6 Å². The summed E-state index contributed by atoms with van der Waals surface area (Å²) in [6.45, 7) is 0.407. The number of methoxy groups -OCH3 is 1. The molecule has 2 aromatic carbocycles. The molecule has 0 saturated carbocycles. The van der Waals surface area contributed by atoms with Gasteiger partial charge in [0.25, 0.3) is 5.91 Å². The average molecular weight is 465 g/mol. The molecule has 9 heteroatoms. The lowest BCUT2D eigenvalue weighted by Crippen LogP contribution is -2.37. The molecule has 2 aliphatic rings. The van der Waals surface area contributed by atoms with Gasteiger partial charge in [-0.15, -0.1) is 0 Å². The predicted molar refractivity (Wildman–Crippen MR) is 120 cm³/mol. The molecule has 2 heterocycles. The first-order valence-corrected chi connectivity index (χ1v) is 12.5. The van der Waals surface area contributed by atoms with Crippen LogP contribution in [0.25, 0.3) is 0 Å². The Morgan fingerprint density at radius 2 is 1.87 bits per heavy atom. The Kier molecular flexibility index (Phi) is 6.09. The van der Waals surface area contributed by atoms with Gasteiger partial charge >= 0.3 is 0 Å². The summed E-state index contributed by atoms with van der Waals surface area (Å²) in [5.74, 6) is 0.505. The number of fused-ring (bicyclic) bond motifs is 1. The lowest BCUT2D eigenvalue weighted by molar-refractivity contribution is -0.117. The molecule has 2 aromatic rings. The molecule has 0 N–H and O–H groups in total. The van der Waals surface area contributed by atoms with Crippen LogP contribution in [0, 0.1) is 0 Å². The molecule has 0 spiro atoms. The van der Waals surface area contributed by atoms with E-state index in [1.165, 1.54) is 11.8 Å². The van der Waals surface area contributed by atoms with E-state index in [9.17, 15) is 13.2 Å². The van der Waals surface area contributed by atoms with E-state index in [-0.39, 0.29) is 35.1 Å². The van der Waals surface area contributed by atoms with E-state index in [4.69, 9.17) is 16.3 Å². The highest BCUT2D eigenvalue weighted by molar-refractivity contribution is 8.15. The molecule has 158 valence electrons. The van der Waals surface area contributed by atoms with Gasteiger partial charge in [0.15, 0.2) is 15.0 Å². The molecule has 0 unspecified atom stereocenters. The minimum atomic E-state index is -3.10. The van der Waals surface area contributed by atoms with Crippen molar-refractivity contribution in [2.45, 2.75) is 24.3 Å². The second-order valence-electron chi connectivity index (χ2n) is 7.30. The number of hydrogen-bond donors (Lipinski definition) is 0. The van der Waals surface area contributed by atoms with Gasteiger partial charge in [-0.3, -0.25) is 4.79 Å². The maximum atomic E-state index is 12.7. The zero-order chi connectivity index (χ0) is 21.3. The fourth-order valence-corrected chi connectivity index (χ4v) is 7.95. The number of carbonyl (C=O) groups is 1. The molecule has 2 saturated heterocycles. The lowest BCUT2D eigenvalue weighted by Gasteiger charge is -2.25. The minimum absolute atomic E-state index is 0.0643. The number of rotatable bonds is 5. The average Bonchev–Trinajstić information content (AvgIpc) is 3.15. The number of thioether (sulfide) groups is 1. The van der Waals surface area contributed by atoms with Crippen LogP contribution < -0.4 is 4.74 Å². The number of hydrogen-bond acceptors (Lipinski definition) is 5. The summed E-state index contributed by atoms with van der Waals surface area (Å²) in [4.78, 5) is 19.0. The second kappa shape index (κ2) is 8.61. The van der Waals surface area contributed by atoms with Crippen molar-refractivity contribution in [3.63, 3.8) is 0 Å². The van der Waals surface area contributed by atoms with E-state index in [1.807, 2.05) is 41.3 Å². The van der Waals surface area contributed by atoms with Gasteiger partial charge in [-0.2, -0.15) is 4.99 Å². The Morgan fingerprint density at radius 1 is 1.17 bits per heavy atom. The normalized spacial score (nSPS) is 23.5. The third-order valence-corrected chi connectivity index (χ3v) is 8.84. The van der Waals surface area contributed by atoms with Gasteiger partial charge in [0.2, 0.25) is 0 Å². The summed E-state index contributed by atoms with van der Waals surface area (Å²) in [5.41, 5.74) is 1.63. The minimum Gasteiger partial charge on any atom is -0.496 e. The highest BCUT2D eigenvalue weighted by atomic mass is 35.5. The van der Waals surface area contributed by atoms with Gasteiger partial charge in [0.1, 0.15) is 5.75 Å². The number of aliphatic imine (C=N–C) groups is 1. The molecule has 1 amide bonds. The molecule has 2 aliphatic heterocycles. The van der Waals surface area contributed by atoms with Crippen molar-refractivity contribution in [3.05, 3.63) is 64.7 Å². The molecule has 0 aromatic heterocycles. The Hall–Kier alpha value is -2.03. The molecule has 0 bridgehead atoms. The Balaban J connectivity index is 1.60. The van der Waals surface area contributed by atoms with Crippen molar-refractivity contribution in [3.8, 4) is 5.75 Å². The number of para-hydroxylation sites is 1. The van der Waals surface area contributed by atoms with Crippen molar-refractivity contribution >= 4 is 44.3 Å². The fraction of sp³-hybridized carbons (Fsp3) is 0.333. The predicted octanol–water partition coefficient (Wildman–Crippen LogP) is 3.19. The van der Waals surface area contributed by atoms with E-state index in [2.05, 4.69) is 4.99 Å². The van der Waals surface area contributed by atoms with Crippen LogP contribution in [0.3, 0.4) is 0 Å². The van der Waals surface area contributed by atoms with E-state index < -0.39 is 9.84 Å². The number of benzene rings is 2. The molecule has 6 nitrogen and oxygen atoms in total. The Morgan fingerprint density at radius 3 is 2.60 bits per heavy atom. The lowest BCUT2D eigenvalue weighted by atomic mass is 10.1. The number of halogens is 1. The SMILES string of the molecule is COc1ccccc1CC(=O)N=C1S[C@H]2CS(=O)(=O)C[C@H]2N1Cc1ccccc1Cl. The van der Waals surface area contributed by atoms with Crippen molar-refractivity contribution < 1.29 is 17.9 Å². The number of sulfone groups is 1. The molecular formula is C21H21ClN2O4S2. The molecule has 4 rings (SSSR count). The summed E-state index contributed by atoms with van der Waals surface area (Å²) in [6, 6.07) is 14.6. The maximum absolute atomic E-state index is 12.7. The van der Waals surface area contributed by atoms with Crippen LogP contribution in [0.15, 0.2) is 53.5 Å². The number of carbonyl (C=O) groups excluding carboxylic acids is 1. The number of ether oxygens (including phenoxy) is 1. The van der Waals surface area contributed by atoms with Crippen LogP contribution in [-0.4, -0.2) is 54.3 Å². The molecule has 0 radical (unpaired) electrons. The van der Waals surface area contributed by atoms with Crippen LogP contribution in [0.4, 0.5) is 0 Å². The van der Waals surface area contributed by atoms with E-state index in [0.717, 1.165) is 11.1 Å². The van der Waals surface area contributed by atoms with Gasteiger partial charge in [0, 0.05) is 22.4 Å². The van der Waals surface area contributed by atoms with Crippen molar-refractivity contribution in [1.82, 2.24) is 4.90 Å². The van der Waals surface area contributed by atoms with Gasteiger partial charge in [0.05, 0.1) is 31.1 Å². The van der Waals surface area contributed by atoms with Crippen LogP contribution in [0.1, 0.15) is 11.1 Å². The monoisotopic (exact) mass is 464 g/mol. The Bertz CT molecular complexity index is 1100. The molecule has 0 aliphatic carbocycles. The van der Waals surface area contributed by atoms with E-state index in [1.54, 1.807) is 19.2 Å². The highest BCUT2D eigenvalue weighted by Crippen LogP contribution is 2.39. The van der Waals surface area contributed by atoms with Crippen molar-refractivity contribution in [1.29, 1.82) is 0 Å². The highest BCUT2D eigenvalue weighted by Gasteiger charge is 2.48. The first-order valence-electron chi connectivity index (χ1n) is 9.47. The summed E-state index contributed by atoms with van der Waals surface area (Å²) >= 11 is 7.69. The molecule has 2 atom stereocenters. The molecule has 2 fully saturated rings. The van der Waals surface area contributed by atoms with Crippen LogP contribution in [0.2, 0.25) is 5.02 Å². The summed E-state index contributed by atoms with van der Waals surface area (Å²) in [5, 5.41) is 1.03. The molecule has 30 heavy (non-hydrogen) atoms. The zero-order valence-electron chi connectivity index (χ0n) is 16.3. The second-order valence-corrected chi connectivity index (χ2v) is 11.1. The van der Waals surface area contributed by atoms with Crippen molar-refractivity contribution in [2.24, 2.45) is 4.99 Å². The van der Waals surface area contributed by atoms with Crippen LogP contribution in [0.5, 0.6) is 5.75 Å². The van der Waals surface area contributed by atoms with E-state index in [0.29, 0.717) is 22.5 Å². The standard InChI is InChI=1S/C21H21ClN2O4S2/c1-28-18-9-5-3-6-14(18)10-20(25)23-21-24(11-15-7-2-4-8-16(15)22)17-12-30(26,27)13-19(17)29-21/h2-9,17,19H,10-13H2,1H3/t17-,19+/m1/s1. The number of amidine groups is 1. The smallest absolute Gasteiger partial charge is 0.252 e. The molecular weight excluding hydrogens is 444 g/mol. The number of amides is 1. The largest absolute Gasteiger partial charge is 0.496 e. The quantitative estimate of drug-likeness (QED) is 0.676. The maximum Gasteiger partial charge on any atom is 0.252 e. The number of nitrogens with zero attached hydrogens (tertiary/aromatic N) is 2. The van der Waals surface area contributed by atoms with Crippen molar-refractivity contribution in [2.75, 3.05) is 18.6 Å².